The maximum Gasteiger partial charge on any atom is 0.342 e. The number of nitro benzene ring substituents is 1. The van der Waals surface area contributed by atoms with Crippen molar-refractivity contribution in [2.24, 2.45) is 5.92 Å². The second kappa shape index (κ2) is 4.04. The minimum Gasteiger partial charge on any atom is -0.477 e. The Kier molecular flexibility index (Phi) is 2.71. The highest BCUT2D eigenvalue weighted by Gasteiger charge is 2.35. The fraction of sp³-hybridized carbons (Fsp3) is 0.364. The molecule has 2 atom stereocenters. The normalized spacial score (nSPS) is 21.9. The third-order valence-corrected chi connectivity index (χ3v) is 2.90. The van der Waals surface area contributed by atoms with E-state index < -0.39 is 10.9 Å². The average molecular weight is 236 g/mol. The number of carboxylic acid groups (broad SMARTS) is 1. The number of aromatic carboxylic acids is 1. The zero-order valence-electron chi connectivity index (χ0n) is 9.21. The van der Waals surface area contributed by atoms with Crippen LogP contribution in [-0.2, 0) is 0 Å². The molecule has 17 heavy (non-hydrogen) atoms. The predicted octanol–water partition coefficient (Wildman–Crippen LogP) is 2.11. The lowest BCUT2D eigenvalue weighted by Gasteiger charge is -2.07. The second-order valence-corrected chi connectivity index (χ2v) is 4.23. The van der Waals surface area contributed by atoms with E-state index in [1.165, 1.54) is 18.2 Å². The Morgan fingerprint density at radius 1 is 1.59 bits per heavy atom. The average Bonchev–Trinajstić information content (AvgIpc) is 2.93. The molecule has 0 radical (unpaired) electrons. The fourth-order valence-electron chi connectivity index (χ4n) is 1.75. The van der Waals surface area contributed by atoms with Gasteiger partial charge >= 0.3 is 11.7 Å². The summed E-state index contributed by atoms with van der Waals surface area (Å²) in [5, 5.41) is 22.8. The van der Waals surface area contributed by atoms with Gasteiger partial charge in [-0.15, -0.1) is 0 Å². The molecule has 0 spiro atoms. The number of anilines is 1. The standard InChI is InChI=1S/C11H12N2O4/c1-6-5-9(6)12-8-4-2-3-7(11(14)15)10(8)13(16)17/h2-4,6,9,12H,5H2,1H3,(H,14,15). The quantitative estimate of drug-likeness (QED) is 0.617. The van der Waals surface area contributed by atoms with Gasteiger partial charge in [-0.3, -0.25) is 10.1 Å². The van der Waals surface area contributed by atoms with E-state index in [4.69, 9.17) is 5.11 Å². The molecule has 1 aromatic carbocycles. The monoisotopic (exact) mass is 236 g/mol. The summed E-state index contributed by atoms with van der Waals surface area (Å²) in [5.41, 5.74) is -0.364. The van der Waals surface area contributed by atoms with Crippen LogP contribution in [0.3, 0.4) is 0 Å². The van der Waals surface area contributed by atoms with Crippen molar-refractivity contribution >= 4 is 17.3 Å². The molecule has 1 aliphatic rings. The molecule has 0 saturated heterocycles. The molecule has 0 aromatic heterocycles. The minimum absolute atomic E-state index is 0.206. The van der Waals surface area contributed by atoms with Gasteiger partial charge in [-0.05, 0) is 24.5 Å². The van der Waals surface area contributed by atoms with Gasteiger partial charge < -0.3 is 10.4 Å². The van der Waals surface area contributed by atoms with Crippen LogP contribution in [0.1, 0.15) is 23.7 Å². The third kappa shape index (κ3) is 2.20. The topological polar surface area (TPSA) is 92.5 Å². The van der Waals surface area contributed by atoms with Crippen molar-refractivity contribution in [2.45, 2.75) is 19.4 Å². The Balaban J connectivity index is 2.39. The molecule has 1 fully saturated rings. The van der Waals surface area contributed by atoms with E-state index in [9.17, 15) is 14.9 Å². The van der Waals surface area contributed by atoms with Gasteiger partial charge in [0.25, 0.3) is 0 Å². The van der Waals surface area contributed by atoms with Crippen molar-refractivity contribution in [1.29, 1.82) is 0 Å². The fourth-order valence-corrected chi connectivity index (χ4v) is 1.75. The molecule has 0 heterocycles. The van der Waals surface area contributed by atoms with Crippen LogP contribution in [0, 0.1) is 16.0 Å². The van der Waals surface area contributed by atoms with Crippen molar-refractivity contribution in [2.75, 3.05) is 5.32 Å². The highest BCUT2D eigenvalue weighted by atomic mass is 16.6. The SMILES string of the molecule is CC1CC1Nc1cccc(C(=O)O)c1[N+](=O)[O-]. The Labute approximate surface area is 97.4 Å². The largest absolute Gasteiger partial charge is 0.477 e. The van der Waals surface area contributed by atoms with E-state index in [1.54, 1.807) is 0 Å². The molecule has 2 rings (SSSR count). The first-order valence-electron chi connectivity index (χ1n) is 5.28. The van der Waals surface area contributed by atoms with Crippen molar-refractivity contribution in [3.63, 3.8) is 0 Å². The molecule has 1 aromatic rings. The van der Waals surface area contributed by atoms with Gasteiger partial charge in [-0.2, -0.15) is 0 Å². The number of para-hydroxylation sites is 1. The van der Waals surface area contributed by atoms with Gasteiger partial charge in [-0.25, -0.2) is 4.79 Å². The zero-order valence-corrected chi connectivity index (χ0v) is 9.21. The van der Waals surface area contributed by atoms with Gasteiger partial charge in [0.2, 0.25) is 0 Å². The summed E-state index contributed by atoms with van der Waals surface area (Å²) in [7, 11) is 0. The van der Waals surface area contributed by atoms with Crippen LogP contribution in [0.15, 0.2) is 18.2 Å². The number of hydrogen-bond donors (Lipinski definition) is 2. The van der Waals surface area contributed by atoms with E-state index in [0.717, 1.165) is 6.42 Å². The molecule has 1 saturated carbocycles. The van der Waals surface area contributed by atoms with E-state index in [-0.39, 0.29) is 23.0 Å². The number of nitrogens with zero attached hydrogens (tertiary/aromatic N) is 1. The van der Waals surface area contributed by atoms with Crippen molar-refractivity contribution < 1.29 is 14.8 Å². The second-order valence-electron chi connectivity index (χ2n) is 4.23. The summed E-state index contributed by atoms with van der Waals surface area (Å²) in [6, 6.07) is 4.49. The maximum atomic E-state index is 10.9. The van der Waals surface area contributed by atoms with Crippen molar-refractivity contribution in [1.82, 2.24) is 0 Å². The number of nitro groups is 1. The van der Waals surface area contributed by atoms with Crippen LogP contribution < -0.4 is 5.32 Å². The molecular weight excluding hydrogens is 224 g/mol. The third-order valence-electron chi connectivity index (χ3n) is 2.90. The van der Waals surface area contributed by atoms with Gasteiger partial charge in [0.15, 0.2) is 0 Å². The van der Waals surface area contributed by atoms with Crippen molar-refractivity contribution in [3.05, 3.63) is 33.9 Å². The highest BCUT2D eigenvalue weighted by molar-refractivity contribution is 5.95. The summed E-state index contributed by atoms with van der Waals surface area (Å²) < 4.78 is 0. The number of rotatable bonds is 4. The number of carboxylic acids is 1. The molecule has 2 N–H and O–H groups in total. The first-order valence-corrected chi connectivity index (χ1v) is 5.28. The molecule has 0 bridgehead atoms. The van der Waals surface area contributed by atoms with Crippen LogP contribution in [0.4, 0.5) is 11.4 Å². The predicted molar refractivity (Wildman–Crippen MR) is 61.2 cm³/mol. The van der Waals surface area contributed by atoms with Crippen LogP contribution >= 0.6 is 0 Å². The maximum absolute atomic E-state index is 10.9. The first-order chi connectivity index (χ1) is 8.00. The van der Waals surface area contributed by atoms with Crippen molar-refractivity contribution in [3.8, 4) is 0 Å². The first kappa shape index (κ1) is 11.4. The number of carbonyl (C=O) groups is 1. The summed E-state index contributed by atoms with van der Waals surface area (Å²) in [6.07, 6.45) is 0.953. The van der Waals surface area contributed by atoms with Crippen LogP contribution in [0.2, 0.25) is 0 Å². The van der Waals surface area contributed by atoms with Crippen LogP contribution in [0.5, 0.6) is 0 Å². The Morgan fingerprint density at radius 2 is 2.24 bits per heavy atom. The highest BCUT2D eigenvalue weighted by Crippen LogP contribution is 2.36. The minimum atomic E-state index is -1.29. The summed E-state index contributed by atoms with van der Waals surface area (Å²) in [6.45, 7) is 2.03. The van der Waals surface area contributed by atoms with Gasteiger partial charge in [-0.1, -0.05) is 13.0 Å². The zero-order chi connectivity index (χ0) is 12.6. The molecule has 2 unspecified atom stereocenters. The molecule has 1 aliphatic carbocycles. The number of benzene rings is 1. The number of hydrogen-bond acceptors (Lipinski definition) is 4. The van der Waals surface area contributed by atoms with E-state index in [1.807, 2.05) is 6.92 Å². The van der Waals surface area contributed by atoms with Gasteiger partial charge in [0, 0.05) is 6.04 Å². The Hall–Kier alpha value is -2.11. The Bertz CT molecular complexity index is 486. The lowest BCUT2D eigenvalue weighted by molar-refractivity contribution is -0.384. The molecule has 6 nitrogen and oxygen atoms in total. The van der Waals surface area contributed by atoms with Gasteiger partial charge in [0.1, 0.15) is 11.3 Å². The molecule has 0 aliphatic heterocycles. The van der Waals surface area contributed by atoms with Gasteiger partial charge in [0.05, 0.1) is 4.92 Å². The molecular formula is C11H12N2O4. The molecule has 90 valence electrons. The number of nitrogens with one attached hydrogen (secondary N) is 1. The smallest absolute Gasteiger partial charge is 0.342 e. The van der Waals surface area contributed by atoms with E-state index in [0.29, 0.717) is 5.92 Å². The van der Waals surface area contributed by atoms with E-state index in [2.05, 4.69) is 5.32 Å². The summed E-state index contributed by atoms with van der Waals surface area (Å²) in [5.74, 6) is -0.813. The summed E-state index contributed by atoms with van der Waals surface area (Å²) in [4.78, 5) is 21.2. The Morgan fingerprint density at radius 3 is 2.71 bits per heavy atom. The van der Waals surface area contributed by atoms with Crippen LogP contribution in [0.25, 0.3) is 0 Å². The lowest BCUT2D eigenvalue weighted by atomic mass is 10.1. The molecule has 0 amide bonds. The van der Waals surface area contributed by atoms with E-state index >= 15 is 0 Å². The van der Waals surface area contributed by atoms with Crippen LogP contribution in [-0.4, -0.2) is 22.0 Å². The summed E-state index contributed by atoms with van der Waals surface area (Å²) >= 11 is 0. The lowest BCUT2D eigenvalue weighted by Crippen LogP contribution is -2.09. The molecule has 6 heteroatoms.